The zero-order valence-corrected chi connectivity index (χ0v) is 22.8. The van der Waals surface area contributed by atoms with E-state index in [2.05, 4.69) is 22.1 Å². The van der Waals surface area contributed by atoms with E-state index in [0.29, 0.717) is 18.5 Å². The summed E-state index contributed by atoms with van der Waals surface area (Å²) in [6.07, 6.45) is 4.64. The fraction of sp³-hybridized carbons (Fsp3) is 0.259. The number of likely N-dealkylation sites (tertiary alicyclic amines) is 1. The van der Waals surface area contributed by atoms with Gasteiger partial charge in [-0.25, -0.2) is 0 Å². The molecule has 1 saturated heterocycles. The van der Waals surface area contributed by atoms with Crippen molar-refractivity contribution in [1.29, 1.82) is 0 Å². The number of hydrogen-bond acceptors (Lipinski definition) is 4. The Morgan fingerprint density at radius 3 is 2.53 bits per heavy atom. The number of benzene rings is 2. The molecule has 2 aromatic carbocycles. The van der Waals surface area contributed by atoms with E-state index in [4.69, 9.17) is 5.11 Å². The minimum atomic E-state index is -0.865. The van der Waals surface area contributed by atoms with Gasteiger partial charge in [-0.2, -0.15) is 0 Å². The van der Waals surface area contributed by atoms with Gasteiger partial charge in [-0.1, -0.05) is 42.5 Å². The van der Waals surface area contributed by atoms with Crippen LogP contribution in [0.25, 0.3) is 22.0 Å². The predicted octanol–water partition coefficient (Wildman–Crippen LogP) is 0.419. The first-order chi connectivity index (χ1) is 16.2. The summed E-state index contributed by atoms with van der Waals surface area (Å²) < 4.78 is 0. The van der Waals surface area contributed by atoms with Crippen LogP contribution in [0.15, 0.2) is 79.1 Å². The molecule has 2 N–H and O–H groups in total. The molecule has 34 heavy (non-hydrogen) atoms. The van der Waals surface area contributed by atoms with E-state index >= 15 is 0 Å². The number of pyridine rings is 1. The fourth-order valence-electron chi connectivity index (χ4n) is 4.53. The van der Waals surface area contributed by atoms with Gasteiger partial charge in [-0.15, -0.1) is 6.10 Å². The largest absolute Gasteiger partial charge is 1.00 e. The molecule has 1 aliphatic heterocycles. The van der Waals surface area contributed by atoms with Gasteiger partial charge < -0.3 is 20.1 Å². The summed E-state index contributed by atoms with van der Waals surface area (Å²) in [5.41, 5.74) is 4.66. The molecule has 170 valence electrons. The SMILES string of the molecule is CO.O=C(c1ccc(-c2ccccc2)cc1)N1CCCC1C([O-])Cc1cc2ccncc2[nH]1.[K+]. The summed E-state index contributed by atoms with van der Waals surface area (Å²) in [6, 6.07) is 21.4. The number of fused-ring (bicyclic) bond motifs is 1. The maximum atomic E-state index is 13.2. The Balaban J connectivity index is 0.00000105. The van der Waals surface area contributed by atoms with Crippen LogP contribution >= 0.6 is 0 Å². The summed E-state index contributed by atoms with van der Waals surface area (Å²) in [6.45, 7) is 0.638. The number of carbonyl (C=O) groups excluding carboxylic acids is 1. The van der Waals surface area contributed by atoms with Crippen molar-refractivity contribution in [2.45, 2.75) is 31.4 Å². The van der Waals surface area contributed by atoms with Gasteiger partial charge in [-0.3, -0.25) is 9.78 Å². The van der Waals surface area contributed by atoms with Crippen molar-refractivity contribution < 1.29 is 66.4 Å². The Hall–Kier alpha value is -1.84. The molecule has 6 nitrogen and oxygen atoms in total. The van der Waals surface area contributed by atoms with Gasteiger partial charge in [0.15, 0.2) is 0 Å². The van der Waals surface area contributed by atoms with E-state index in [0.717, 1.165) is 47.7 Å². The Bertz CT molecular complexity index is 1160. The van der Waals surface area contributed by atoms with E-state index in [1.54, 1.807) is 17.3 Å². The van der Waals surface area contributed by atoms with E-state index in [-0.39, 0.29) is 63.3 Å². The zero-order valence-electron chi connectivity index (χ0n) is 19.6. The molecule has 5 rings (SSSR count). The van der Waals surface area contributed by atoms with E-state index in [1.165, 1.54) is 0 Å². The molecule has 1 amide bonds. The molecule has 0 bridgehead atoms. The third-order valence-corrected chi connectivity index (χ3v) is 6.13. The Morgan fingerprint density at radius 2 is 1.82 bits per heavy atom. The molecule has 3 heterocycles. The quantitative estimate of drug-likeness (QED) is 0.404. The van der Waals surface area contributed by atoms with Crippen molar-refractivity contribution in [3.8, 4) is 11.1 Å². The van der Waals surface area contributed by atoms with Crippen molar-refractivity contribution in [2.75, 3.05) is 13.7 Å². The van der Waals surface area contributed by atoms with Crippen LogP contribution in [0.2, 0.25) is 0 Å². The van der Waals surface area contributed by atoms with E-state index in [1.807, 2.05) is 54.6 Å². The predicted molar refractivity (Wildman–Crippen MR) is 128 cm³/mol. The number of hydrogen-bond donors (Lipinski definition) is 2. The normalized spacial score (nSPS) is 15.9. The average molecular weight is 482 g/mol. The van der Waals surface area contributed by atoms with E-state index in [9.17, 15) is 9.90 Å². The minimum Gasteiger partial charge on any atom is -0.850 e. The second-order valence-electron chi connectivity index (χ2n) is 8.15. The molecular formula is C27H28KN3O3. The molecule has 2 unspecified atom stereocenters. The molecule has 0 aliphatic carbocycles. The Kier molecular flexibility index (Phi) is 10.0. The average Bonchev–Trinajstić information content (AvgIpc) is 3.52. The number of aliphatic hydroxyl groups excluding tert-OH is 1. The van der Waals surface area contributed by atoms with Crippen LogP contribution in [-0.2, 0) is 6.42 Å². The molecule has 2 aromatic heterocycles. The number of aromatic amines is 1. The van der Waals surface area contributed by atoms with E-state index < -0.39 is 6.10 Å². The molecular weight excluding hydrogens is 453 g/mol. The molecule has 4 aromatic rings. The zero-order chi connectivity index (χ0) is 23.2. The minimum absolute atomic E-state index is 0. The number of amides is 1. The van der Waals surface area contributed by atoms with Gasteiger partial charge in [0.25, 0.3) is 5.91 Å². The first kappa shape index (κ1) is 26.8. The van der Waals surface area contributed by atoms with Crippen molar-refractivity contribution >= 4 is 16.8 Å². The number of nitrogens with zero attached hydrogens (tertiary/aromatic N) is 2. The molecule has 7 heteroatoms. The van der Waals surface area contributed by atoms with Crippen LogP contribution in [0, 0.1) is 0 Å². The first-order valence-corrected chi connectivity index (χ1v) is 11.2. The van der Waals surface area contributed by atoms with Crippen molar-refractivity contribution in [1.82, 2.24) is 14.9 Å². The number of H-pyrrole nitrogens is 1. The standard InChI is InChI=1S/C26H24N3O2.CH4O.K/c30-25(16-22-15-21-12-13-27-17-23(21)28-22)24-7-4-14-29(24)26(31)20-10-8-19(9-11-20)18-5-2-1-3-6-18;1-2;/h1-3,5-6,8-13,15,17,24-25,28H,4,7,14,16H2;2H,1H3;/q-1;;+1. The summed E-state index contributed by atoms with van der Waals surface area (Å²) in [5, 5.41) is 21.2. The van der Waals surface area contributed by atoms with Crippen LogP contribution in [0.3, 0.4) is 0 Å². The molecule has 2 atom stereocenters. The van der Waals surface area contributed by atoms with Gasteiger partial charge in [0.05, 0.1) is 11.7 Å². The summed E-state index contributed by atoms with van der Waals surface area (Å²) >= 11 is 0. The molecule has 1 fully saturated rings. The van der Waals surface area contributed by atoms with Crippen molar-refractivity contribution in [2.24, 2.45) is 0 Å². The summed E-state index contributed by atoms with van der Waals surface area (Å²) in [5.74, 6) is -0.0520. The third kappa shape index (κ3) is 6.04. The second-order valence-corrected chi connectivity index (χ2v) is 8.15. The fourth-order valence-corrected chi connectivity index (χ4v) is 4.53. The number of carbonyl (C=O) groups is 1. The third-order valence-electron chi connectivity index (χ3n) is 6.13. The second kappa shape index (κ2) is 12.7. The number of rotatable bonds is 5. The Morgan fingerprint density at radius 1 is 1.12 bits per heavy atom. The smallest absolute Gasteiger partial charge is 0.850 e. The van der Waals surface area contributed by atoms with Gasteiger partial charge in [-0.05, 0) is 54.7 Å². The van der Waals surface area contributed by atoms with Gasteiger partial charge >= 0.3 is 51.4 Å². The van der Waals surface area contributed by atoms with Gasteiger partial charge in [0.2, 0.25) is 0 Å². The maximum absolute atomic E-state index is 13.2. The molecule has 0 saturated carbocycles. The van der Waals surface area contributed by atoms with Crippen molar-refractivity contribution in [3.05, 3.63) is 90.4 Å². The van der Waals surface area contributed by atoms with Gasteiger partial charge in [0, 0.05) is 42.5 Å². The molecule has 0 radical (unpaired) electrons. The number of nitrogens with one attached hydrogen (secondary N) is 1. The number of aromatic nitrogens is 2. The van der Waals surface area contributed by atoms with Crippen LogP contribution in [0.5, 0.6) is 0 Å². The molecule has 1 aliphatic rings. The van der Waals surface area contributed by atoms with Crippen LogP contribution in [0.1, 0.15) is 28.9 Å². The van der Waals surface area contributed by atoms with Crippen LogP contribution < -0.4 is 56.5 Å². The monoisotopic (exact) mass is 481 g/mol. The number of aliphatic hydroxyl groups is 1. The summed E-state index contributed by atoms with van der Waals surface area (Å²) in [4.78, 5) is 22.3. The first-order valence-electron chi connectivity index (χ1n) is 11.2. The van der Waals surface area contributed by atoms with Crippen LogP contribution in [-0.4, -0.2) is 51.7 Å². The Labute approximate surface area is 242 Å². The maximum Gasteiger partial charge on any atom is 1.00 e. The van der Waals surface area contributed by atoms with Crippen LogP contribution in [0.4, 0.5) is 0 Å². The van der Waals surface area contributed by atoms with Crippen molar-refractivity contribution in [3.63, 3.8) is 0 Å². The van der Waals surface area contributed by atoms with Gasteiger partial charge in [0.1, 0.15) is 0 Å². The molecule has 0 spiro atoms. The topological polar surface area (TPSA) is 92.3 Å². The summed E-state index contributed by atoms with van der Waals surface area (Å²) in [7, 11) is 1.00.